The molecule has 0 aliphatic heterocycles. The molecule has 3 nitrogen and oxygen atoms in total. The van der Waals surface area contributed by atoms with Gasteiger partial charge in [0.1, 0.15) is 0 Å². The van der Waals surface area contributed by atoms with E-state index >= 15 is 0 Å². The van der Waals surface area contributed by atoms with Crippen molar-refractivity contribution in [3.05, 3.63) is 0 Å². The molecule has 0 rings (SSSR count). The van der Waals surface area contributed by atoms with E-state index in [-0.39, 0.29) is 0 Å². The molecular formula is CH5NO2S2. The first-order valence-electron chi connectivity index (χ1n) is 0.910. The van der Waals surface area contributed by atoms with Gasteiger partial charge in [0.2, 0.25) is 4.45 Å². The van der Waals surface area contributed by atoms with E-state index in [4.69, 9.17) is 5.21 Å². The van der Waals surface area contributed by atoms with E-state index in [2.05, 4.69) is 31.2 Å². The first-order chi connectivity index (χ1) is 2.73. The van der Waals surface area contributed by atoms with Crippen LogP contribution in [0.4, 0.5) is 4.79 Å². The molecule has 0 saturated heterocycles. The molecule has 0 atom stereocenters. The Kier molecular flexibility index (Phi) is 14.3. The van der Waals surface area contributed by atoms with Crippen molar-refractivity contribution in [3.8, 4) is 0 Å². The normalized spacial score (nSPS) is 5.33. The predicted octanol–water partition coefficient (Wildman–Crippen LogP) is 0.300. The highest BCUT2D eigenvalue weighted by atomic mass is 32.2. The molecule has 0 aliphatic carbocycles. The van der Waals surface area contributed by atoms with Crippen molar-refractivity contribution in [2.75, 3.05) is 0 Å². The van der Waals surface area contributed by atoms with E-state index < -0.39 is 4.45 Å². The van der Waals surface area contributed by atoms with Crippen molar-refractivity contribution in [2.45, 2.75) is 0 Å². The van der Waals surface area contributed by atoms with E-state index in [0.717, 1.165) is 0 Å². The van der Waals surface area contributed by atoms with E-state index in [1.807, 2.05) is 0 Å². The van der Waals surface area contributed by atoms with Crippen molar-refractivity contribution in [3.63, 3.8) is 0 Å². The molecule has 0 aromatic heterocycles. The van der Waals surface area contributed by atoms with Gasteiger partial charge in [-0.05, 0) is 0 Å². The molecule has 0 fully saturated rings. The lowest BCUT2D eigenvalue weighted by molar-refractivity contribution is 0.277. The lowest BCUT2D eigenvalue weighted by atomic mass is 11.8. The van der Waals surface area contributed by atoms with Gasteiger partial charge in [-0.15, -0.1) is 0 Å². The summed E-state index contributed by atoms with van der Waals surface area (Å²) in [6.07, 6.45) is 0. The van der Waals surface area contributed by atoms with Crippen LogP contribution in [0.2, 0.25) is 0 Å². The zero-order valence-electron chi connectivity index (χ0n) is 2.83. The average molecular weight is 127 g/mol. The number of rotatable bonds is 0. The summed E-state index contributed by atoms with van der Waals surface area (Å²) in [7, 11) is 0. The second-order valence-electron chi connectivity index (χ2n) is 0.283. The van der Waals surface area contributed by atoms with E-state index in [1.165, 1.54) is 0 Å². The third-order valence-corrected chi connectivity index (χ3v) is 0. The lowest BCUT2D eigenvalue weighted by Crippen LogP contribution is -1.72. The molecule has 38 valence electrons. The highest BCUT2D eigenvalue weighted by molar-refractivity contribution is 8.23. The summed E-state index contributed by atoms with van der Waals surface area (Å²) in [5.74, 6) is 3.50. The van der Waals surface area contributed by atoms with Crippen LogP contribution in [-0.4, -0.2) is 9.65 Å². The summed E-state index contributed by atoms with van der Waals surface area (Å²) >= 11 is 6.38. The van der Waals surface area contributed by atoms with Gasteiger partial charge >= 0.3 is 0 Å². The maximum atomic E-state index is 9.17. The fourth-order valence-electron chi connectivity index (χ4n) is 0. The molecule has 0 aliphatic rings. The monoisotopic (exact) mass is 127 g/mol. The van der Waals surface area contributed by atoms with Gasteiger partial charge in [0.25, 0.3) is 0 Å². The Hall–Kier alpha value is 0.290. The third kappa shape index (κ3) is 552. The number of thiol groups is 2. The van der Waals surface area contributed by atoms with Gasteiger partial charge in [0, 0.05) is 0 Å². The standard InChI is InChI=1S/CH2OS2.H3NO/c2-1(3)4;1-2/h(H2,2,3,4);2H,1H2. The summed E-state index contributed by atoms with van der Waals surface area (Å²) in [5.41, 5.74) is 0. The van der Waals surface area contributed by atoms with Gasteiger partial charge in [-0.1, -0.05) is 25.3 Å². The van der Waals surface area contributed by atoms with Crippen LogP contribution in [0.1, 0.15) is 0 Å². The van der Waals surface area contributed by atoms with Crippen LogP contribution in [0.3, 0.4) is 0 Å². The number of carbonyl (C=O) groups excluding carboxylic acids is 1. The third-order valence-electron chi connectivity index (χ3n) is 0. The van der Waals surface area contributed by atoms with E-state index in [1.54, 1.807) is 0 Å². The zero-order chi connectivity index (χ0) is 5.58. The molecule has 0 unspecified atom stereocenters. The number of hydrogen-bond acceptors (Lipinski definition) is 3. The van der Waals surface area contributed by atoms with E-state index in [9.17, 15) is 4.79 Å². The molecule has 0 spiro atoms. The van der Waals surface area contributed by atoms with Gasteiger partial charge in [-0.25, -0.2) is 5.90 Å². The molecule has 0 amide bonds. The van der Waals surface area contributed by atoms with Crippen LogP contribution in [0.25, 0.3) is 0 Å². The topological polar surface area (TPSA) is 63.3 Å². The minimum Gasteiger partial charge on any atom is -0.320 e. The second-order valence-corrected chi connectivity index (χ2v) is 1.45. The van der Waals surface area contributed by atoms with Crippen molar-refractivity contribution < 1.29 is 10.0 Å². The zero-order valence-corrected chi connectivity index (χ0v) is 4.62. The smallest absolute Gasteiger partial charge is 0.239 e. The molecule has 0 radical (unpaired) electrons. The first-order valence-corrected chi connectivity index (χ1v) is 1.80. The van der Waals surface area contributed by atoms with Crippen molar-refractivity contribution in [1.29, 1.82) is 0 Å². The van der Waals surface area contributed by atoms with Crippen LogP contribution in [0.15, 0.2) is 0 Å². The van der Waals surface area contributed by atoms with Crippen molar-refractivity contribution >= 4 is 29.7 Å². The van der Waals surface area contributed by atoms with Crippen molar-refractivity contribution in [1.82, 2.24) is 0 Å². The Bertz CT molecular complexity index is 34.5. The number of carbonyl (C=O) groups is 1. The largest absolute Gasteiger partial charge is 0.320 e. The van der Waals surface area contributed by atoms with Gasteiger partial charge < -0.3 is 5.21 Å². The van der Waals surface area contributed by atoms with Gasteiger partial charge in [0.15, 0.2) is 0 Å². The van der Waals surface area contributed by atoms with Crippen LogP contribution < -0.4 is 5.90 Å². The summed E-state index contributed by atoms with van der Waals surface area (Å²) in [6, 6.07) is 0. The number of nitrogens with two attached hydrogens (primary N) is 1. The maximum Gasteiger partial charge on any atom is 0.239 e. The van der Waals surface area contributed by atoms with Crippen LogP contribution in [0.5, 0.6) is 0 Å². The summed E-state index contributed by atoms with van der Waals surface area (Å²) in [5, 5.41) is 6.50. The van der Waals surface area contributed by atoms with Gasteiger partial charge in [-0.3, -0.25) is 4.79 Å². The van der Waals surface area contributed by atoms with Gasteiger partial charge in [-0.2, -0.15) is 0 Å². The van der Waals surface area contributed by atoms with Crippen LogP contribution in [0, 0.1) is 0 Å². The predicted molar refractivity (Wildman–Crippen MR) is 29.3 cm³/mol. The summed E-state index contributed by atoms with van der Waals surface area (Å²) in [4.78, 5) is 9.17. The van der Waals surface area contributed by atoms with Gasteiger partial charge in [0.05, 0.1) is 0 Å². The first kappa shape index (κ1) is 9.56. The Morgan fingerprint density at radius 3 is 1.50 bits per heavy atom. The molecule has 0 heterocycles. The Morgan fingerprint density at radius 1 is 1.50 bits per heavy atom. The van der Waals surface area contributed by atoms with Crippen molar-refractivity contribution in [2.24, 2.45) is 5.90 Å². The highest BCUT2D eigenvalue weighted by Gasteiger charge is 1.65. The Morgan fingerprint density at radius 2 is 1.50 bits per heavy atom. The average Bonchev–Trinajstić information content (AvgIpc) is 1.41. The molecule has 5 heteroatoms. The fraction of sp³-hybridized carbons (Fsp3) is 0. The second kappa shape index (κ2) is 8.99. The molecule has 0 aromatic rings. The lowest BCUT2D eigenvalue weighted by Gasteiger charge is -1.54. The van der Waals surface area contributed by atoms with E-state index in [0.29, 0.717) is 0 Å². The molecule has 0 aromatic carbocycles. The maximum absolute atomic E-state index is 9.17. The quantitative estimate of drug-likeness (QED) is 0.279. The fourth-order valence-corrected chi connectivity index (χ4v) is 0. The molecular weight excluding hydrogens is 122 g/mol. The SMILES string of the molecule is NO.O=C(S)S. The van der Waals surface area contributed by atoms with Crippen LogP contribution in [-0.2, 0) is 0 Å². The van der Waals surface area contributed by atoms with Crippen LogP contribution >= 0.6 is 25.3 Å². The Balaban J connectivity index is 0. The minimum atomic E-state index is -0.444. The highest BCUT2D eigenvalue weighted by Crippen LogP contribution is 1.81. The molecule has 6 heavy (non-hydrogen) atoms. The Labute approximate surface area is 46.3 Å². The summed E-state index contributed by atoms with van der Waals surface area (Å²) in [6.45, 7) is 0. The minimum absolute atomic E-state index is 0.444. The molecule has 3 N–H and O–H groups in total. The molecule has 0 saturated carbocycles. The molecule has 0 bridgehead atoms. The summed E-state index contributed by atoms with van der Waals surface area (Å²) < 4.78 is -0.444. The number of hydrogen-bond donors (Lipinski definition) is 4.